The Labute approximate surface area is 189 Å². The van der Waals surface area contributed by atoms with Crippen LogP contribution in [0.25, 0.3) is 11.0 Å². The van der Waals surface area contributed by atoms with Crippen LogP contribution in [0.2, 0.25) is 0 Å². The number of carbonyl (C=O) groups is 1. The van der Waals surface area contributed by atoms with Gasteiger partial charge in [0.05, 0.1) is 22.5 Å². The topological polar surface area (TPSA) is 93.5 Å². The fourth-order valence-electron chi connectivity index (χ4n) is 3.16. The second-order valence-electron chi connectivity index (χ2n) is 7.28. The van der Waals surface area contributed by atoms with Crippen LogP contribution in [0.5, 0.6) is 5.75 Å². The second-order valence-corrected chi connectivity index (χ2v) is 9.43. The highest BCUT2D eigenvalue weighted by atomic mass is 32.2. The first-order valence-electron chi connectivity index (χ1n) is 9.96. The zero-order chi connectivity index (χ0) is 24.4. The van der Waals surface area contributed by atoms with Gasteiger partial charge in [0, 0.05) is 32.7 Å². The third-order valence-corrected chi connectivity index (χ3v) is 6.57. The first kappa shape index (κ1) is 24.5. The molecule has 0 fully saturated rings. The molecular formula is C21H23F3N4O4S. The quantitative estimate of drug-likeness (QED) is 0.526. The minimum atomic E-state index is -4.79. The lowest BCUT2D eigenvalue weighted by atomic mass is 10.2. The molecule has 0 atom stereocenters. The normalized spacial score (nSPS) is 12.3. The van der Waals surface area contributed by atoms with Crippen LogP contribution in [0.1, 0.15) is 19.2 Å². The zero-order valence-corrected chi connectivity index (χ0v) is 19.0. The number of fused-ring (bicyclic) bond motifs is 1. The van der Waals surface area contributed by atoms with Crippen LogP contribution in [0.3, 0.4) is 0 Å². The van der Waals surface area contributed by atoms with Crippen LogP contribution in [0.4, 0.5) is 18.9 Å². The molecule has 1 aromatic heterocycles. The summed E-state index contributed by atoms with van der Waals surface area (Å²) < 4.78 is 72.6. The molecule has 1 amide bonds. The number of aryl methyl sites for hydroxylation is 1. The number of halogens is 3. The van der Waals surface area contributed by atoms with Gasteiger partial charge in [0.25, 0.3) is 0 Å². The number of nitrogens with one attached hydrogen (secondary N) is 1. The summed E-state index contributed by atoms with van der Waals surface area (Å²) in [5.74, 6) is -1.06. The minimum absolute atomic E-state index is 0.0777. The number of alkyl halides is 3. The Kier molecular flexibility index (Phi) is 6.98. The number of benzene rings is 2. The van der Waals surface area contributed by atoms with Crippen molar-refractivity contribution in [1.29, 1.82) is 0 Å². The number of anilines is 1. The number of amides is 1. The molecule has 0 aliphatic carbocycles. The van der Waals surface area contributed by atoms with Gasteiger partial charge in [-0.3, -0.25) is 4.79 Å². The van der Waals surface area contributed by atoms with Gasteiger partial charge in [-0.1, -0.05) is 0 Å². The lowest BCUT2D eigenvalue weighted by Crippen LogP contribution is -2.22. The summed E-state index contributed by atoms with van der Waals surface area (Å²) in [6.07, 6.45) is -5.04. The Morgan fingerprint density at radius 2 is 1.82 bits per heavy atom. The van der Waals surface area contributed by atoms with E-state index in [-0.39, 0.29) is 28.9 Å². The van der Waals surface area contributed by atoms with E-state index < -0.39 is 27.9 Å². The average molecular weight is 485 g/mol. The number of imidazole rings is 1. The largest absolute Gasteiger partial charge is 0.494 e. The van der Waals surface area contributed by atoms with Crippen LogP contribution >= 0.6 is 0 Å². The van der Waals surface area contributed by atoms with Crippen molar-refractivity contribution in [1.82, 2.24) is 13.9 Å². The lowest BCUT2D eigenvalue weighted by molar-refractivity contribution is -0.147. The number of hydrogen-bond donors (Lipinski definition) is 1. The monoisotopic (exact) mass is 484 g/mol. The van der Waals surface area contributed by atoms with E-state index in [0.717, 1.165) is 14.9 Å². The molecule has 3 aromatic rings. The third-order valence-electron chi connectivity index (χ3n) is 4.76. The highest BCUT2D eigenvalue weighted by molar-refractivity contribution is 7.89. The number of ether oxygens (including phenoxy) is 1. The molecule has 8 nitrogen and oxygen atoms in total. The van der Waals surface area contributed by atoms with Crippen molar-refractivity contribution in [3.8, 4) is 5.75 Å². The van der Waals surface area contributed by atoms with Crippen molar-refractivity contribution < 1.29 is 31.1 Å². The molecular weight excluding hydrogens is 461 g/mol. The standard InChI is InChI=1S/C21H23F3N4O4S/c1-4-32-15-7-5-14(6-8-15)25-19(29)11-12-28-18-10-9-16(33(30,31)27(2)3)13-17(18)26-20(28)21(22,23)24/h5-10,13H,4,11-12H2,1-3H3,(H,25,29). The predicted octanol–water partition coefficient (Wildman–Crippen LogP) is 3.73. The van der Waals surface area contributed by atoms with Crippen molar-refractivity contribution in [3.05, 3.63) is 48.3 Å². The predicted molar refractivity (Wildman–Crippen MR) is 116 cm³/mol. The second kappa shape index (κ2) is 9.40. The molecule has 1 N–H and O–H groups in total. The molecule has 0 unspecified atom stereocenters. The number of carbonyl (C=O) groups excluding carboxylic acids is 1. The van der Waals surface area contributed by atoms with E-state index in [0.29, 0.717) is 18.0 Å². The van der Waals surface area contributed by atoms with Gasteiger partial charge in [0.2, 0.25) is 21.8 Å². The van der Waals surface area contributed by atoms with Gasteiger partial charge >= 0.3 is 6.18 Å². The van der Waals surface area contributed by atoms with E-state index in [1.165, 1.54) is 26.2 Å². The minimum Gasteiger partial charge on any atom is -0.494 e. The molecule has 0 aliphatic heterocycles. The van der Waals surface area contributed by atoms with Crippen LogP contribution in [0, 0.1) is 0 Å². The smallest absolute Gasteiger partial charge is 0.449 e. The Morgan fingerprint density at radius 3 is 2.39 bits per heavy atom. The molecule has 0 aliphatic rings. The number of rotatable bonds is 8. The summed E-state index contributed by atoms with van der Waals surface area (Å²) in [4.78, 5) is 15.8. The van der Waals surface area contributed by atoms with Crippen molar-refractivity contribution in [2.75, 3.05) is 26.0 Å². The van der Waals surface area contributed by atoms with E-state index in [4.69, 9.17) is 4.74 Å². The van der Waals surface area contributed by atoms with Gasteiger partial charge in [-0.15, -0.1) is 0 Å². The number of aromatic nitrogens is 2. The molecule has 1 heterocycles. The molecule has 2 aromatic carbocycles. The van der Waals surface area contributed by atoms with E-state index in [1.54, 1.807) is 24.3 Å². The fourth-order valence-corrected chi connectivity index (χ4v) is 4.08. The molecule has 12 heteroatoms. The first-order valence-corrected chi connectivity index (χ1v) is 11.4. The summed E-state index contributed by atoms with van der Waals surface area (Å²) in [5.41, 5.74) is 0.430. The number of sulfonamides is 1. The van der Waals surface area contributed by atoms with Crippen LogP contribution < -0.4 is 10.1 Å². The Balaban J connectivity index is 1.84. The van der Waals surface area contributed by atoms with Gasteiger partial charge < -0.3 is 14.6 Å². The van der Waals surface area contributed by atoms with E-state index >= 15 is 0 Å². The van der Waals surface area contributed by atoms with Crippen LogP contribution in [-0.4, -0.2) is 48.9 Å². The van der Waals surface area contributed by atoms with E-state index in [9.17, 15) is 26.4 Å². The van der Waals surface area contributed by atoms with Gasteiger partial charge in [-0.2, -0.15) is 13.2 Å². The zero-order valence-electron chi connectivity index (χ0n) is 18.2. The van der Waals surface area contributed by atoms with Gasteiger partial charge in [0.1, 0.15) is 5.75 Å². The summed E-state index contributed by atoms with van der Waals surface area (Å²) in [7, 11) is -1.20. The van der Waals surface area contributed by atoms with Crippen LogP contribution in [0.15, 0.2) is 47.4 Å². The maximum Gasteiger partial charge on any atom is 0.449 e. The Bertz CT molecular complexity index is 1250. The molecule has 0 saturated carbocycles. The van der Waals surface area contributed by atoms with Gasteiger partial charge in [-0.25, -0.2) is 17.7 Å². The maximum atomic E-state index is 13.6. The molecule has 3 rings (SSSR count). The summed E-state index contributed by atoms with van der Waals surface area (Å²) >= 11 is 0. The molecule has 0 spiro atoms. The fraction of sp³-hybridized carbons (Fsp3) is 0.333. The highest BCUT2D eigenvalue weighted by Crippen LogP contribution is 2.32. The number of hydrogen-bond acceptors (Lipinski definition) is 5. The first-order chi connectivity index (χ1) is 15.4. The van der Waals surface area contributed by atoms with Crippen molar-refractivity contribution >= 4 is 32.7 Å². The van der Waals surface area contributed by atoms with E-state index in [2.05, 4.69) is 10.3 Å². The van der Waals surface area contributed by atoms with Crippen molar-refractivity contribution in [2.45, 2.75) is 31.0 Å². The summed E-state index contributed by atoms with van der Waals surface area (Å²) in [5, 5.41) is 2.63. The van der Waals surface area contributed by atoms with Gasteiger partial charge in [0.15, 0.2) is 0 Å². The summed E-state index contributed by atoms with van der Waals surface area (Å²) in [6, 6.07) is 10.2. The summed E-state index contributed by atoms with van der Waals surface area (Å²) in [6.45, 7) is 2.04. The molecule has 33 heavy (non-hydrogen) atoms. The Hall–Kier alpha value is -3.12. The van der Waals surface area contributed by atoms with Crippen molar-refractivity contribution in [3.63, 3.8) is 0 Å². The lowest BCUT2D eigenvalue weighted by Gasteiger charge is -2.13. The average Bonchev–Trinajstić information content (AvgIpc) is 3.12. The molecule has 0 radical (unpaired) electrons. The van der Waals surface area contributed by atoms with Crippen LogP contribution in [-0.2, 0) is 27.5 Å². The van der Waals surface area contributed by atoms with E-state index in [1.807, 2.05) is 6.92 Å². The number of nitrogens with zero attached hydrogens (tertiary/aromatic N) is 3. The SMILES string of the molecule is CCOc1ccc(NC(=O)CCn2c(C(F)(F)F)nc3cc(S(=O)(=O)N(C)C)ccc32)cc1. The highest BCUT2D eigenvalue weighted by Gasteiger charge is 2.38. The molecule has 178 valence electrons. The molecule has 0 saturated heterocycles. The maximum absolute atomic E-state index is 13.6. The van der Waals surface area contributed by atoms with Crippen molar-refractivity contribution in [2.24, 2.45) is 0 Å². The van der Waals surface area contributed by atoms with Gasteiger partial charge in [-0.05, 0) is 49.4 Å². The third kappa shape index (κ3) is 5.45. The molecule has 0 bridgehead atoms. The Morgan fingerprint density at radius 1 is 1.15 bits per heavy atom.